The molecule has 1 nitrogen and oxygen atoms in total. The Morgan fingerprint density at radius 2 is 1.87 bits per heavy atom. The topological polar surface area (TPSA) is 12.0 Å². The van der Waals surface area contributed by atoms with Crippen LogP contribution in [0, 0.1) is 20.8 Å². The van der Waals surface area contributed by atoms with Gasteiger partial charge in [0.05, 0.1) is 0 Å². The lowest BCUT2D eigenvalue weighted by Crippen LogP contribution is -2.16. The maximum atomic E-state index is 4.19. The van der Waals surface area contributed by atoms with Crippen molar-refractivity contribution < 1.29 is 0 Å². The van der Waals surface area contributed by atoms with E-state index in [0.29, 0.717) is 0 Å². The number of nitrogens with one attached hydrogen (secondary N) is 1. The zero-order valence-electron chi connectivity index (χ0n) is 9.93. The zero-order chi connectivity index (χ0) is 11.3. The maximum absolute atomic E-state index is 4.19. The lowest BCUT2D eigenvalue weighted by Gasteiger charge is -2.11. The zero-order valence-corrected chi connectivity index (χ0v) is 10.8. The van der Waals surface area contributed by atoms with Crippen molar-refractivity contribution in [3.63, 3.8) is 0 Å². The SMILES string of the molecule is Cc1ccc(CNCCCS)c(C)c1C. The Morgan fingerprint density at radius 3 is 2.53 bits per heavy atom. The molecule has 0 bridgehead atoms. The second kappa shape index (κ2) is 6.19. The third kappa shape index (κ3) is 3.54. The molecular weight excluding hydrogens is 202 g/mol. The van der Waals surface area contributed by atoms with Gasteiger partial charge >= 0.3 is 0 Å². The van der Waals surface area contributed by atoms with E-state index in [1.165, 1.54) is 22.3 Å². The highest BCUT2D eigenvalue weighted by molar-refractivity contribution is 7.80. The smallest absolute Gasteiger partial charge is 0.0208 e. The van der Waals surface area contributed by atoms with Crippen molar-refractivity contribution in [2.45, 2.75) is 33.7 Å². The van der Waals surface area contributed by atoms with Gasteiger partial charge in [0.25, 0.3) is 0 Å². The summed E-state index contributed by atoms with van der Waals surface area (Å²) in [4.78, 5) is 0. The predicted octanol–water partition coefficient (Wildman–Crippen LogP) is 3.02. The normalized spacial score (nSPS) is 10.7. The Hall–Kier alpha value is -0.470. The maximum Gasteiger partial charge on any atom is 0.0208 e. The first-order valence-electron chi connectivity index (χ1n) is 5.54. The molecule has 0 heterocycles. The van der Waals surface area contributed by atoms with E-state index in [1.807, 2.05) is 0 Å². The van der Waals surface area contributed by atoms with Gasteiger partial charge in [-0.3, -0.25) is 0 Å². The van der Waals surface area contributed by atoms with Crippen molar-refractivity contribution in [3.05, 3.63) is 34.4 Å². The van der Waals surface area contributed by atoms with Crippen molar-refractivity contribution in [2.24, 2.45) is 0 Å². The summed E-state index contributed by atoms with van der Waals surface area (Å²) in [6.07, 6.45) is 1.13. The van der Waals surface area contributed by atoms with Gasteiger partial charge in [-0.1, -0.05) is 12.1 Å². The lowest BCUT2D eigenvalue weighted by atomic mass is 9.99. The van der Waals surface area contributed by atoms with Gasteiger partial charge in [0.2, 0.25) is 0 Å². The highest BCUT2D eigenvalue weighted by Gasteiger charge is 2.02. The monoisotopic (exact) mass is 223 g/mol. The molecule has 84 valence electrons. The lowest BCUT2D eigenvalue weighted by molar-refractivity contribution is 0.676. The molecule has 1 aromatic carbocycles. The van der Waals surface area contributed by atoms with E-state index in [1.54, 1.807) is 0 Å². The molecule has 1 N–H and O–H groups in total. The second-order valence-electron chi connectivity index (χ2n) is 4.05. The third-order valence-electron chi connectivity index (χ3n) is 3.00. The van der Waals surface area contributed by atoms with Gasteiger partial charge in [-0.05, 0) is 61.7 Å². The summed E-state index contributed by atoms with van der Waals surface area (Å²) in [5.74, 6) is 0.957. The molecule has 0 saturated heterocycles. The second-order valence-corrected chi connectivity index (χ2v) is 4.49. The summed E-state index contributed by atoms with van der Waals surface area (Å²) in [7, 11) is 0. The van der Waals surface area contributed by atoms with Crippen LogP contribution < -0.4 is 5.32 Å². The van der Waals surface area contributed by atoms with Crippen LogP contribution in [0.2, 0.25) is 0 Å². The molecule has 0 amide bonds. The highest BCUT2D eigenvalue weighted by Crippen LogP contribution is 2.16. The van der Waals surface area contributed by atoms with Gasteiger partial charge in [0.15, 0.2) is 0 Å². The van der Waals surface area contributed by atoms with Gasteiger partial charge in [-0.15, -0.1) is 0 Å². The Bertz CT molecular complexity index is 321. The average Bonchev–Trinajstić information content (AvgIpc) is 2.24. The summed E-state index contributed by atoms with van der Waals surface area (Å²) in [5.41, 5.74) is 5.64. The molecule has 0 fully saturated rings. The van der Waals surface area contributed by atoms with Crippen LogP contribution in [0.25, 0.3) is 0 Å². The molecule has 0 aliphatic rings. The fourth-order valence-corrected chi connectivity index (χ4v) is 1.79. The van der Waals surface area contributed by atoms with Crippen LogP contribution in [-0.2, 0) is 6.54 Å². The predicted molar refractivity (Wildman–Crippen MR) is 70.8 cm³/mol. The summed E-state index contributed by atoms with van der Waals surface area (Å²) in [5, 5.41) is 3.44. The minimum absolute atomic E-state index is 0.957. The molecule has 2 heteroatoms. The van der Waals surface area contributed by atoms with Crippen LogP contribution in [0.1, 0.15) is 28.7 Å². The molecule has 0 unspecified atom stereocenters. The van der Waals surface area contributed by atoms with Crippen molar-refractivity contribution in [2.75, 3.05) is 12.3 Å². The fraction of sp³-hybridized carbons (Fsp3) is 0.538. The molecule has 0 saturated carbocycles. The molecule has 1 aromatic rings. The minimum Gasteiger partial charge on any atom is -0.313 e. The first-order valence-corrected chi connectivity index (χ1v) is 6.17. The Morgan fingerprint density at radius 1 is 1.13 bits per heavy atom. The molecule has 0 spiro atoms. The van der Waals surface area contributed by atoms with Crippen molar-refractivity contribution in [1.82, 2.24) is 5.32 Å². The summed E-state index contributed by atoms with van der Waals surface area (Å²) < 4.78 is 0. The van der Waals surface area contributed by atoms with Gasteiger partial charge in [-0.25, -0.2) is 0 Å². The van der Waals surface area contributed by atoms with E-state index in [-0.39, 0.29) is 0 Å². The number of hydrogen-bond acceptors (Lipinski definition) is 2. The van der Waals surface area contributed by atoms with Crippen LogP contribution >= 0.6 is 12.6 Å². The first-order chi connectivity index (χ1) is 7.16. The van der Waals surface area contributed by atoms with Crippen LogP contribution in [0.3, 0.4) is 0 Å². The molecule has 1 rings (SSSR count). The molecule has 15 heavy (non-hydrogen) atoms. The summed E-state index contributed by atoms with van der Waals surface area (Å²) >= 11 is 4.19. The van der Waals surface area contributed by atoms with E-state index in [0.717, 1.165) is 25.3 Å². The molecule has 0 radical (unpaired) electrons. The fourth-order valence-electron chi connectivity index (χ4n) is 1.63. The number of rotatable bonds is 5. The van der Waals surface area contributed by atoms with Crippen molar-refractivity contribution in [3.8, 4) is 0 Å². The molecular formula is C13H21NS. The van der Waals surface area contributed by atoms with Crippen LogP contribution in [0.15, 0.2) is 12.1 Å². The van der Waals surface area contributed by atoms with E-state index in [9.17, 15) is 0 Å². The largest absolute Gasteiger partial charge is 0.313 e. The standard InChI is InChI=1S/C13H21NS/c1-10-5-6-13(12(3)11(10)2)9-14-7-4-8-15/h5-6,14-15H,4,7-9H2,1-3H3. The molecule has 0 aliphatic heterocycles. The number of hydrogen-bond donors (Lipinski definition) is 2. The van der Waals surface area contributed by atoms with E-state index < -0.39 is 0 Å². The van der Waals surface area contributed by atoms with E-state index in [2.05, 4.69) is 50.8 Å². The molecule has 0 aromatic heterocycles. The van der Waals surface area contributed by atoms with Crippen molar-refractivity contribution in [1.29, 1.82) is 0 Å². The third-order valence-corrected chi connectivity index (χ3v) is 3.31. The summed E-state index contributed by atoms with van der Waals surface area (Å²) in [6.45, 7) is 8.59. The van der Waals surface area contributed by atoms with Crippen LogP contribution in [-0.4, -0.2) is 12.3 Å². The average molecular weight is 223 g/mol. The van der Waals surface area contributed by atoms with Crippen LogP contribution in [0.5, 0.6) is 0 Å². The summed E-state index contributed by atoms with van der Waals surface area (Å²) in [6, 6.07) is 4.43. The first kappa shape index (κ1) is 12.6. The van der Waals surface area contributed by atoms with Gasteiger partial charge in [0, 0.05) is 6.54 Å². The molecule has 0 atom stereocenters. The van der Waals surface area contributed by atoms with Gasteiger partial charge in [-0.2, -0.15) is 12.6 Å². The highest BCUT2D eigenvalue weighted by atomic mass is 32.1. The number of thiol groups is 1. The van der Waals surface area contributed by atoms with Gasteiger partial charge < -0.3 is 5.32 Å². The van der Waals surface area contributed by atoms with E-state index in [4.69, 9.17) is 0 Å². The minimum atomic E-state index is 0.957. The van der Waals surface area contributed by atoms with Gasteiger partial charge in [0.1, 0.15) is 0 Å². The van der Waals surface area contributed by atoms with Crippen molar-refractivity contribution >= 4 is 12.6 Å². The number of benzene rings is 1. The Labute approximate surface area is 98.7 Å². The molecule has 0 aliphatic carbocycles. The Balaban J connectivity index is 2.58. The quantitative estimate of drug-likeness (QED) is 0.577. The van der Waals surface area contributed by atoms with Crippen LogP contribution in [0.4, 0.5) is 0 Å². The number of aryl methyl sites for hydroxylation is 1. The Kier molecular flexibility index (Phi) is 5.20. The van der Waals surface area contributed by atoms with E-state index >= 15 is 0 Å².